The number of amides is 1. The molecule has 1 aromatic heterocycles. The van der Waals surface area contributed by atoms with E-state index in [0.717, 1.165) is 17.5 Å². The standard InChI is InChI=1S/C15H14ClNO2/c16-14-4-2-1-3-13(14)5-6-15(18)17-9-7-12-8-10-19-11-12/h1-6,8,10-11H,7,9H2,(H,17,18). The molecule has 0 aliphatic rings. The van der Waals surface area contributed by atoms with E-state index >= 15 is 0 Å². The largest absolute Gasteiger partial charge is 0.472 e. The number of nitrogens with one attached hydrogen (secondary N) is 1. The second-order valence-electron chi connectivity index (χ2n) is 4.03. The van der Waals surface area contributed by atoms with Gasteiger partial charge in [0.2, 0.25) is 5.91 Å². The highest BCUT2D eigenvalue weighted by Crippen LogP contribution is 2.15. The van der Waals surface area contributed by atoms with Crippen LogP contribution in [-0.2, 0) is 11.2 Å². The predicted molar refractivity (Wildman–Crippen MR) is 75.9 cm³/mol. The highest BCUT2D eigenvalue weighted by molar-refractivity contribution is 6.32. The second-order valence-corrected chi connectivity index (χ2v) is 4.43. The van der Waals surface area contributed by atoms with Gasteiger partial charge in [-0.1, -0.05) is 29.8 Å². The predicted octanol–water partition coefficient (Wildman–Crippen LogP) is 3.31. The zero-order valence-electron chi connectivity index (χ0n) is 10.3. The average molecular weight is 276 g/mol. The van der Waals surface area contributed by atoms with Gasteiger partial charge in [-0.05, 0) is 35.8 Å². The Balaban J connectivity index is 1.79. The van der Waals surface area contributed by atoms with Gasteiger partial charge in [0.15, 0.2) is 0 Å². The summed E-state index contributed by atoms with van der Waals surface area (Å²) in [5.41, 5.74) is 1.89. The van der Waals surface area contributed by atoms with Gasteiger partial charge < -0.3 is 9.73 Å². The number of halogens is 1. The summed E-state index contributed by atoms with van der Waals surface area (Å²) in [6.45, 7) is 0.575. The Morgan fingerprint density at radius 3 is 2.89 bits per heavy atom. The molecular weight excluding hydrogens is 262 g/mol. The van der Waals surface area contributed by atoms with E-state index in [4.69, 9.17) is 16.0 Å². The number of carbonyl (C=O) groups is 1. The number of furan rings is 1. The summed E-state index contributed by atoms with van der Waals surface area (Å²) in [6, 6.07) is 9.26. The quantitative estimate of drug-likeness (QED) is 0.851. The lowest BCUT2D eigenvalue weighted by Crippen LogP contribution is -2.23. The van der Waals surface area contributed by atoms with Crippen molar-refractivity contribution < 1.29 is 9.21 Å². The van der Waals surface area contributed by atoms with E-state index in [1.54, 1.807) is 24.7 Å². The Bertz CT molecular complexity index is 561. The van der Waals surface area contributed by atoms with Crippen LogP contribution >= 0.6 is 11.6 Å². The molecule has 0 saturated heterocycles. The summed E-state index contributed by atoms with van der Waals surface area (Å²) in [5.74, 6) is -0.136. The van der Waals surface area contributed by atoms with E-state index in [-0.39, 0.29) is 5.91 Å². The molecule has 0 unspecified atom stereocenters. The lowest BCUT2D eigenvalue weighted by atomic mass is 10.2. The summed E-state index contributed by atoms with van der Waals surface area (Å²) in [4.78, 5) is 11.6. The van der Waals surface area contributed by atoms with E-state index in [2.05, 4.69) is 5.32 Å². The molecule has 2 aromatic rings. The molecule has 3 nitrogen and oxygen atoms in total. The smallest absolute Gasteiger partial charge is 0.244 e. The van der Waals surface area contributed by atoms with Gasteiger partial charge in [0, 0.05) is 17.6 Å². The molecule has 0 atom stereocenters. The Labute approximate surface area is 116 Å². The average Bonchev–Trinajstić information content (AvgIpc) is 2.91. The fourth-order valence-electron chi connectivity index (χ4n) is 1.60. The van der Waals surface area contributed by atoms with E-state index in [1.807, 2.05) is 24.3 Å². The minimum Gasteiger partial charge on any atom is -0.472 e. The maximum atomic E-state index is 11.6. The maximum absolute atomic E-state index is 11.6. The van der Waals surface area contributed by atoms with Crippen LogP contribution < -0.4 is 5.32 Å². The highest BCUT2D eigenvalue weighted by Gasteiger charge is 1.98. The van der Waals surface area contributed by atoms with Crippen LogP contribution in [0.3, 0.4) is 0 Å². The van der Waals surface area contributed by atoms with E-state index in [1.165, 1.54) is 6.08 Å². The summed E-state index contributed by atoms with van der Waals surface area (Å²) in [6.07, 6.45) is 7.23. The third-order valence-corrected chi connectivity index (χ3v) is 2.96. The molecule has 0 fully saturated rings. The van der Waals surface area contributed by atoms with Crippen molar-refractivity contribution in [2.24, 2.45) is 0 Å². The lowest BCUT2D eigenvalue weighted by Gasteiger charge is -2.00. The Kier molecular flexibility index (Phi) is 4.81. The minimum absolute atomic E-state index is 0.136. The normalized spacial score (nSPS) is 10.8. The van der Waals surface area contributed by atoms with Crippen LogP contribution in [0.4, 0.5) is 0 Å². The van der Waals surface area contributed by atoms with Gasteiger partial charge in [-0.25, -0.2) is 0 Å². The third-order valence-electron chi connectivity index (χ3n) is 2.61. The molecule has 0 aliphatic heterocycles. The monoisotopic (exact) mass is 275 g/mol. The van der Waals surface area contributed by atoms with Crippen molar-refractivity contribution in [3.8, 4) is 0 Å². The molecule has 0 spiro atoms. The first-order valence-electron chi connectivity index (χ1n) is 5.97. The molecule has 2 rings (SSSR count). The maximum Gasteiger partial charge on any atom is 0.244 e. The first kappa shape index (κ1) is 13.4. The van der Waals surface area contributed by atoms with Gasteiger partial charge in [0.25, 0.3) is 0 Å². The summed E-state index contributed by atoms with van der Waals surface area (Å²) >= 11 is 5.99. The molecule has 98 valence electrons. The third kappa shape index (κ3) is 4.30. The summed E-state index contributed by atoms with van der Waals surface area (Å²) in [5, 5.41) is 3.43. The summed E-state index contributed by atoms with van der Waals surface area (Å²) < 4.78 is 4.95. The molecule has 4 heteroatoms. The fraction of sp³-hybridized carbons (Fsp3) is 0.133. The van der Waals surface area contributed by atoms with Crippen molar-refractivity contribution in [3.63, 3.8) is 0 Å². The minimum atomic E-state index is -0.136. The van der Waals surface area contributed by atoms with Crippen molar-refractivity contribution in [2.75, 3.05) is 6.54 Å². The van der Waals surface area contributed by atoms with Crippen molar-refractivity contribution in [1.82, 2.24) is 5.32 Å². The van der Waals surface area contributed by atoms with Gasteiger partial charge in [0.05, 0.1) is 12.5 Å². The first-order chi connectivity index (χ1) is 9.25. The Hall–Kier alpha value is -2.00. The van der Waals surface area contributed by atoms with Crippen LogP contribution in [-0.4, -0.2) is 12.5 Å². The number of carbonyl (C=O) groups excluding carboxylic acids is 1. The van der Waals surface area contributed by atoms with Crippen molar-refractivity contribution in [1.29, 1.82) is 0 Å². The zero-order valence-corrected chi connectivity index (χ0v) is 11.1. The number of hydrogen-bond donors (Lipinski definition) is 1. The zero-order chi connectivity index (χ0) is 13.5. The SMILES string of the molecule is O=C(C=Cc1ccccc1Cl)NCCc1ccoc1. The van der Waals surface area contributed by atoms with Crippen molar-refractivity contribution >= 4 is 23.6 Å². The fourth-order valence-corrected chi connectivity index (χ4v) is 1.80. The number of benzene rings is 1. The van der Waals surface area contributed by atoms with E-state index in [9.17, 15) is 4.79 Å². The van der Waals surface area contributed by atoms with Crippen LogP contribution in [0.5, 0.6) is 0 Å². The Morgan fingerprint density at radius 2 is 2.16 bits per heavy atom. The highest BCUT2D eigenvalue weighted by atomic mass is 35.5. The van der Waals surface area contributed by atoms with Gasteiger partial charge >= 0.3 is 0 Å². The van der Waals surface area contributed by atoms with Crippen LogP contribution in [0, 0.1) is 0 Å². The molecule has 1 N–H and O–H groups in total. The van der Waals surface area contributed by atoms with Gasteiger partial charge in [-0.3, -0.25) is 4.79 Å². The van der Waals surface area contributed by atoms with Gasteiger partial charge in [-0.15, -0.1) is 0 Å². The number of hydrogen-bond acceptors (Lipinski definition) is 2. The second kappa shape index (κ2) is 6.81. The lowest BCUT2D eigenvalue weighted by molar-refractivity contribution is -0.116. The molecule has 1 aromatic carbocycles. The molecule has 0 aliphatic carbocycles. The van der Waals surface area contributed by atoms with Crippen molar-refractivity contribution in [2.45, 2.75) is 6.42 Å². The topological polar surface area (TPSA) is 42.2 Å². The summed E-state index contributed by atoms with van der Waals surface area (Å²) in [7, 11) is 0. The van der Waals surface area contributed by atoms with Crippen LogP contribution in [0.2, 0.25) is 5.02 Å². The van der Waals surface area contributed by atoms with E-state index < -0.39 is 0 Å². The molecule has 1 amide bonds. The van der Waals surface area contributed by atoms with Crippen LogP contribution in [0.1, 0.15) is 11.1 Å². The molecule has 0 saturated carbocycles. The van der Waals surface area contributed by atoms with Crippen LogP contribution in [0.25, 0.3) is 6.08 Å². The van der Waals surface area contributed by atoms with E-state index in [0.29, 0.717) is 11.6 Å². The van der Waals surface area contributed by atoms with Crippen molar-refractivity contribution in [3.05, 3.63) is 65.1 Å². The molecule has 19 heavy (non-hydrogen) atoms. The van der Waals surface area contributed by atoms with Gasteiger partial charge in [-0.2, -0.15) is 0 Å². The van der Waals surface area contributed by atoms with Gasteiger partial charge in [0.1, 0.15) is 0 Å². The molecular formula is C15H14ClNO2. The molecule has 0 bridgehead atoms. The molecule has 1 heterocycles. The number of rotatable bonds is 5. The molecule has 0 radical (unpaired) electrons. The van der Waals surface area contributed by atoms with Crippen LogP contribution in [0.15, 0.2) is 53.4 Å². The first-order valence-corrected chi connectivity index (χ1v) is 6.35. The Morgan fingerprint density at radius 1 is 1.32 bits per heavy atom.